The van der Waals surface area contributed by atoms with Crippen molar-refractivity contribution in [1.82, 2.24) is 20.2 Å². The zero-order valence-electron chi connectivity index (χ0n) is 14.4. The van der Waals surface area contributed by atoms with Crippen molar-refractivity contribution in [1.29, 1.82) is 0 Å². The van der Waals surface area contributed by atoms with Crippen molar-refractivity contribution in [2.75, 3.05) is 19.6 Å². The lowest BCUT2D eigenvalue weighted by Crippen LogP contribution is -2.37. The third kappa shape index (κ3) is 4.20. The smallest absolute Gasteiger partial charge is 0.254 e. The van der Waals surface area contributed by atoms with E-state index in [1.165, 1.54) is 18.5 Å². The van der Waals surface area contributed by atoms with Crippen molar-refractivity contribution in [2.45, 2.75) is 32.2 Å². The minimum Gasteiger partial charge on any atom is -0.350 e. The van der Waals surface area contributed by atoms with Gasteiger partial charge in [0.15, 0.2) is 0 Å². The minimum absolute atomic E-state index is 0.163. The molecule has 0 bridgehead atoms. The predicted octanol–water partition coefficient (Wildman–Crippen LogP) is 2.75. The Morgan fingerprint density at radius 2 is 1.92 bits per heavy atom. The van der Waals surface area contributed by atoms with Crippen molar-refractivity contribution in [2.24, 2.45) is 0 Å². The summed E-state index contributed by atoms with van der Waals surface area (Å²) in [6, 6.07) is 6.62. The first kappa shape index (κ1) is 17.5. The zero-order chi connectivity index (χ0) is 17.6. The lowest BCUT2D eigenvalue weighted by Gasteiger charge is -2.28. The zero-order valence-corrected chi connectivity index (χ0v) is 14.4. The lowest BCUT2D eigenvalue weighted by molar-refractivity contribution is 0.0936. The van der Waals surface area contributed by atoms with Crippen LogP contribution in [-0.2, 0) is 6.42 Å². The highest BCUT2D eigenvalue weighted by atomic mass is 19.1. The number of nitrogens with one attached hydrogen (secondary N) is 1. The molecule has 1 aromatic heterocycles. The van der Waals surface area contributed by atoms with E-state index in [0.717, 1.165) is 32.4 Å². The Morgan fingerprint density at radius 1 is 1.24 bits per heavy atom. The summed E-state index contributed by atoms with van der Waals surface area (Å²) in [5, 5.41) is 2.91. The van der Waals surface area contributed by atoms with Crippen LogP contribution < -0.4 is 5.32 Å². The number of benzene rings is 1. The van der Waals surface area contributed by atoms with Gasteiger partial charge in [0.1, 0.15) is 11.6 Å². The Bertz CT molecular complexity index is 714. The monoisotopic (exact) mass is 342 g/mol. The van der Waals surface area contributed by atoms with Gasteiger partial charge in [-0.3, -0.25) is 9.69 Å². The van der Waals surface area contributed by atoms with Crippen LogP contribution in [0.2, 0.25) is 0 Å². The highest BCUT2D eigenvalue weighted by molar-refractivity contribution is 5.93. The number of hydrogen-bond acceptors (Lipinski definition) is 4. The van der Waals surface area contributed by atoms with Gasteiger partial charge in [-0.15, -0.1) is 0 Å². The summed E-state index contributed by atoms with van der Waals surface area (Å²) < 4.78 is 14.3. The minimum atomic E-state index is -0.233. The maximum Gasteiger partial charge on any atom is 0.254 e. The van der Waals surface area contributed by atoms with Crippen molar-refractivity contribution >= 4 is 5.91 Å². The maximum atomic E-state index is 14.3. The molecule has 1 N–H and O–H groups in total. The van der Waals surface area contributed by atoms with E-state index in [0.29, 0.717) is 23.5 Å². The summed E-state index contributed by atoms with van der Waals surface area (Å²) in [6.07, 6.45) is 6.01. The van der Waals surface area contributed by atoms with Crippen LogP contribution in [0.15, 0.2) is 36.7 Å². The van der Waals surface area contributed by atoms with Crippen molar-refractivity contribution < 1.29 is 9.18 Å². The van der Waals surface area contributed by atoms with Gasteiger partial charge < -0.3 is 5.32 Å². The summed E-state index contributed by atoms with van der Waals surface area (Å²) in [5.74, 6) is 0.241. The summed E-state index contributed by atoms with van der Waals surface area (Å²) in [6.45, 7) is 4.16. The van der Waals surface area contributed by atoms with Gasteiger partial charge in [0, 0.05) is 30.9 Å². The molecule has 3 rings (SSSR count). The quantitative estimate of drug-likeness (QED) is 0.877. The Hall–Kier alpha value is -2.34. The molecule has 132 valence electrons. The molecule has 6 heteroatoms. The molecule has 1 saturated heterocycles. The Kier molecular flexibility index (Phi) is 5.71. The van der Waals surface area contributed by atoms with Gasteiger partial charge in [-0.1, -0.05) is 25.1 Å². The molecule has 2 aromatic rings. The molecule has 1 aliphatic rings. The lowest BCUT2D eigenvalue weighted by atomic mass is 10.0. The fourth-order valence-electron chi connectivity index (χ4n) is 3.18. The van der Waals surface area contributed by atoms with Gasteiger partial charge >= 0.3 is 0 Å². The average Bonchev–Trinajstić information content (AvgIpc) is 3.17. The number of carbonyl (C=O) groups excluding carboxylic acids is 1. The fraction of sp³-hybridized carbons (Fsp3) is 0.421. The van der Waals surface area contributed by atoms with Crippen molar-refractivity contribution in [3.8, 4) is 0 Å². The molecule has 25 heavy (non-hydrogen) atoms. The van der Waals surface area contributed by atoms with Crippen LogP contribution in [0, 0.1) is 5.82 Å². The number of halogens is 1. The van der Waals surface area contributed by atoms with Crippen LogP contribution in [0.5, 0.6) is 0 Å². The number of carbonyl (C=O) groups is 1. The predicted molar refractivity (Wildman–Crippen MR) is 93.7 cm³/mol. The Labute approximate surface area is 147 Å². The molecule has 5 nitrogen and oxygen atoms in total. The van der Waals surface area contributed by atoms with E-state index in [-0.39, 0.29) is 17.8 Å². The number of hydrogen-bond donors (Lipinski definition) is 1. The van der Waals surface area contributed by atoms with Gasteiger partial charge in [-0.05, 0) is 32.0 Å². The molecule has 0 unspecified atom stereocenters. The number of nitrogens with zero attached hydrogens (tertiary/aromatic N) is 3. The van der Waals surface area contributed by atoms with E-state index in [1.807, 2.05) is 13.0 Å². The Morgan fingerprint density at radius 3 is 2.56 bits per heavy atom. The molecule has 2 heterocycles. The largest absolute Gasteiger partial charge is 0.350 e. The van der Waals surface area contributed by atoms with Crippen LogP contribution in [0.3, 0.4) is 0 Å². The first-order valence-electron chi connectivity index (χ1n) is 8.76. The number of aryl methyl sites for hydroxylation is 1. The molecular weight excluding hydrogens is 319 g/mol. The number of aromatic nitrogens is 2. The second-order valence-electron chi connectivity index (χ2n) is 6.23. The van der Waals surface area contributed by atoms with Gasteiger partial charge in [0.2, 0.25) is 0 Å². The van der Waals surface area contributed by atoms with Crippen LogP contribution >= 0.6 is 0 Å². The van der Waals surface area contributed by atoms with Crippen LogP contribution in [0.4, 0.5) is 4.39 Å². The summed E-state index contributed by atoms with van der Waals surface area (Å²) >= 11 is 0. The molecule has 1 amide bonds. The summed E-state index contributed by atoms with van der Waals surface area (Å²) in [7, 11) is 0. The second-order valence-corrected chi connectivity index (χ2v) is 6.23. The third-order valence-corrected chi connectivity index (χ3v) is 4.59. The first-order valence-corrected chi connectivity index (χ1v) is 8.76. The Balaban J connectivity index is 1.71. The number of amides is 1. The summed E-state index contributed by atoms with van der Waals surface area (Å²) in [5.41, 5.74) is 1.05. The summed E-state index contributed by atoms with van der Waals surface area (Å²) in [4.78, 5) is 22.9. The highest BCUT2D eigenvalue weighted by Gasteiger charge is 2.26. The number of likely N-dealkylation sites (tertiary alicyclic amines) is 1. The van der Waals surface area contributed by atoms with Crippen molar-refractivity contribution in [3.05, 3.63) is 59.4 Å². The average molecular weight is 342 g/mol. The molecule has 1 fully saturated rings. The third-order valence-electron chi connectivity index (χ3n) is 4.59. The normalized spacial score (nSPS) is 15.9. The molecule has 0 aliphatic carbocycles. The van der Waals surface area contributed by atoms with Crippen LogP contribution in [0.25, 0.3) is 0 Å². The molecule has 0 saturated carbocycles. The van der Waals surface area contributed by atoms with E-state index >= 15 is 0 Å². The van der Waals surface area contributed by atoms with E-state index in [4.69, 9.17) is 0 Å². The molecule has 0 spiro atoms. The van der Waals surface area contributed by atoms with Crippen molar-refractivity contribution in [3.63, 3.8) is 0 Å². The molecule has 1 atom stereocenters. The topological polar surface area (TPSA) is 58.1 Å². The van der Waals surface area contributed by atoms with Gasteiger partial charge in [-0.25, -0.2) is 14.4 Å². The van der Waals surface area contributed by atoms with E-state index in [2.05, 4.69) is 20.2 Å². The van der Waals surface area contributed by atoms with Gasteiger partial charge in [0.05, 0.1) is 11.6 Å². The molecule has 0 radical (unpaired) electrons. The van der Waals surface area contributed by atoms with E-state index in [1.54, 1.807) is 12.1 Å². The second kappa shape index (κ2) is 8.16. The highest BCUT2D eigenvalue weighted by Crippen LogP contribution is 2.26. The molecule has 1 aromatic carbocycles. The fourth-order valence-corrected chi connectivity index (χ4v) is 3.18. The van der Waals surface area contributed by atoms with E-state index in [9.17, 15) is 9.18 Å². The van der Waals surface area contributed by atoms with E-state index < -0.39 is 0 Å². The van der Waals surface area contributed by atoms with Gasteiger partial charge in [-0.2, -0.15) is 0 Å². The SMILES string of the molecule is CCc1ncc(C(=O)NC[C@H](c2ccccc2F)N2CCCC2)cn1. The molecular formula is C19H23FN4O. The van der Waals surface area contributed by atoms with Gasteiger partial charge in [0.25, 0.3) is 5.91 Å². The maximum absolute atomic E-state index is 14.3. The number of rotatable bonds is 6. The first-order chi connectivity index (χ1) is 12.2. The standard InChI is InChI=1S/C19H23FN4O/c1-2-18-21-11-14(12-22-18)19(25)23-13-17(24-9-5-6-10-24)15-7-3-4-8-16(15)20/h3-4,7-8,11-12,17H,2,5-6,9-10,13H2,1H3,(H,23,25)/t17-/m1/s1. The molecule has 1 aliphatic heterocycles. The van der Waals surface area contributed by atoms with Crippen LogP contribution in [-0.4, -0.2) is 40.4 Å². The van der Waals surface area contributed by atoms with Crippen LogP contribution in [0.1, 0.15) is 47.6 Å².